The first-order chi connectivity index (χ1) is 12.7. The first-order valence-corrected chi connectivity index (χ1v) is 9.75. The molecular formula is C18H22N6OS. The van der Waals surface area contributed by atoms with Gasteiger partial charge in [-0.05, 0) is 50.9 Å². The SMILES string of the molecule is CC(C(=O)Nc1nc2ccccc2s1)N1CCC(Cn2ccnn2)CC1. The summed E-state index contributed by atoms with van der Waals surface area (Å²) < 4.78 is 2.98. The molecule has 136 valence electrons. The van der Waals surface area contributed by atoms with Crippen LogP contribution in [-0.2, 0) is 11.3 Å². The smallest absolute Gasteiger partial charge is 0.243 e. The zero-order valence-electron chi connectivity index (χ0n) is 14.7. The van der Waals surface area contributed by atoms with Crippen LogP contribution in [0.3, 0.4) is 0 Å². The molecule has 0 aliphatic carbocycles. The minimum absolute atomic E-state index is 0.0128. The fourth-order valence-corrected chi connectivity index (χ4v) is 4.29. The van der Waals surface area contributed by atoms with Crippen LogP contribution in [0.5, 0.6) is 0 Å². The fourth-order valence-electron chi connectivity index (χ4n) is 3.42. The van der Waals surface area contributed by atoms with Crippen molar-refractivity contribution in [2.24, 2.45) is 5.92 Å². The number of likely N-dealkylation sites (tertiary alicyclic amines) is 1. The molecule has 0 saturated carbocycles. The van der Waals surface area contributed by atoms with Crippen LogP contribution in [0.25, 0.3) is 10.2 Å². The molecule has 1 aliphatic rings. The summed E-state index contributed by atoms with van der Waals surface area (Å²) in [6.45, 7) is 4.72. The van der Waals surface area contributed by atoms with Gasteiger partial charge in [-0.25, -0.2) is 4.98 Å². The Balaban J connectivity index is 1.31. The van der Waals surface area contributed by atoms with Gasteiger partial charge >= 0.3 is 0 Å². The zero-order chi connectivity index (χ0) is 17.9. The lowest BCUT2D eigenvalue weighted by Crippen LogP contribution is -2.46. The number of para-hydroxylation sites is 1. The number of carbonyl (C=O) groups excluding carboxylic acids is 1. The number of nitrogens with one attached hydrogen (secondary N) is 1. The van der Waals surface area contributed by atoms with Gasteiger partial charge in [0.1, 0.15) is 0 Å². The number of carbonyl (C=O) groups is 1. The monoisotopic (exact) mass is 370 g/mol. The summed E-state index contributed by atoms with van der Waals surface area (Å²) >= 11 is 1.51. The van der Waals surface area contributed by atoms with Crippen molar-refractivity contribution in [3.63, 3.8) is 0 Å². The Bertz CT molecular complexity index is 836. The molecule has 1 atom stereocenters. The fraction of sp³-hybridized carbons (Fsp3) is 0.444. The first kappa shape index (κ1) is 17.1. The molecule has 1 aromatic carbocycles. The molecule has 0 spiro atoms. The van der Waals surface area contributed by atoms with Gasteiger partial charge in [0.05, 0.1) is 22.5 Å². The summed E-state index contributed by atoms with van der Waals surface area (Å²) in [4.78, 5) is 19.4. The van der Waals surface area contributed by atoms with Gasteiger partial charge in [-0.2, -0.15) is 0 Å². The predicted octanol–water partition coefficient (Wildman–Crippen LogP) is 2.63. The molecule has 3 heterocycles. The third-order valence-electron chi connectivity index (χ3n) is 5.02. The molecule has 0 radical (unpaired) electrons. The van der Waals surface area contributed by atoms with Crippen molar-refractivity contribution in [1.82, 2.24) is 24.9 Å². The van der Waals surface area contributed by atoms with Crippen molar-refractivity contribution in [2.75, 3.05) is 18.4 Å². The van der Waals surface area contributed by atoms with Gasteiger partial charge in [0.15, 0.2) is 5.13 Å². The highest BCUT2D eigenvalue weighted by atomic mass is 32.1. The van der Waals surface area contributed by atoms with E-state index in [2.05, 4.69) is 25.5 Å². The zero-order valence-corrected chi connectivity index (χ0v) is 15.5. The molecule has 2 aromatic heterocycles. The lowest BCUT2D eigenvalue weighted by molar-refractivity contribution is -0.121. The van der Waals surface area contributed by atoms with Crippen molar-refractivity contribution in [3.05, 3.63) is 36.7 Å². The number of hydrogen-bond acceptors (Lipinski definition) is 6. The van der Waals surface area contributed by atoms with Crippen LogP contribution in [0.1, 0.15) is 19.8 Å². The average Bonchev–Trinajstić information content (AvgIpc) is 3.30. The highest BCUT2D eigenvalue weighted by Crippen LogP contribution is 2.26. The van der Waals surface area contributed by atoms with Crippen LogP contribution in [0.4, 0.5) is 5.13 Å². The molecule has 0 bridgehead atoms. The van der Waals surface area contributed by atoms with Crippen molar-refractivity contribution in [2.45, 2.75) is 32.4 Å². The van der Waals surface area contributed by atoms with Gasteiger partial charge in [-0.1, -0.05) is 28.7 Å². The third kappa shape index (κ3) is 3.76. The molecule has 26 heavy (non-hydrogen) atoms. The Morgan fingerprint density at radius 1 is 1.35 bits per heavy atom. The maximum atomic E-state index is 12.6. The van der Waals surface area contributed by atoms with E-state index in [-0.39, 0.29) is 11.9 Å². The number of hydrogen-bond donors (Lipinski definition) is 1. The molecule has 1 unspecified atom stereocenters. The van der Waals surface area contributed by atoms with Gasteiger partial charge < -0.3 is 5.32 Å². The van der Waals surface area contributed by atoms with Crippen molar-refractivity contribution < 1.29 is 4.79 Å². The molecule has 8 heteroatoms. The minimum Gasteiger partial charge on any atom is -0.301 e. The summed E-state index contributed by atoms with van der Waals surface area (Å²) in [5, 5.41) is 11.5. The molecule has 1 fully saturated rings. The number of amides is 1. The molecule has 4 rings (SSSR count). The largest absolute Gasteiger partial charge is 0.301 e. The summed E-state index contributed by atoms with van der Waals surface area (Å²) in [6, 6.07) is 7.77. The number of benzene rings is 1. The van der Waals surface area contributed by atoms with Gasteiger partial charge in [0.2, 0.25) is 5.91 Å². The number of aromatic nitrogens is 4. The van der Waals surface area contributed by atoms with Crippen LogP contribution in [0, 0.1) is 5.92 Å². The molecular weight excluding hydrogens is 348 g/mol. The molecule has 7 nitrogen and oxygen atoms in total. The number of thiazole rings is 1. The van der Waals surface area contributed by atoms with E-state index in [1.807, 2.05) is 42.1 Å². The quantitative estimate of drug-likeness (QED) is 0.747. The Hall–Kier alpha value is -2.32. The number of fused-ring (bicyclic) bond motifs is 1. The number of anilines is 1. The maximum absolute atomic E-state index is 12.6. The molecule has 1 amide bonds. The van der Waals surface area contributed by atoms with Crippen LogP contribution in [0.15, 0.2) is 36.7 Å². The number of piperidine rings is 1. The van der Waals surface area contributed by atoms with Gasteiger partial charge in [-0.15, -0.1) is 5.10 Å². The Kier molecular flexibility index (Phi) is 4.94. The molecule has 1 N–H and O–H groups in total. The van der Waals surface area contributed by atoms with Crippen molar-refractivity contribution in [3.8, 4) is 0 Å². The minimum atomic E-state index is -0.158. The van der Waals surface area contributed by atoms with Crippen LogP contribution in [-0.4, -0.2) is 49.9 Å². The summed E-state index contributed by atoms with van der Waals surface area (Å²) in [6.07, 6.45) is 5.75. The summed E-state index contributed by atoms with van der Waals surface area (Å²) in [5.41, 5.74) is 0.925. The highest BCUT2D eigenvalue weighted by molar-refractivity contribution is 7.22. The Labute approximate surface area is 156 Å². The van der Waals surface area contributed by atoms with Crippen LogP contribution >= 0.6 is 11.3 Å². The van der Waals surface area contributed by atoms with E-state index >= 15 is 0 Å². The van der Waals surface area contributed by atoms with Gasteiger partial charge in [0, 0.05) is 12.7 Å². The third-order valence-corrected chi connectivity index (χ3v) is 5.97. The lowest BCUT2D eigenvalue weighted by atomic mass is 9.96. The molecule has 3 aromatic rings. The molecule has 1 aliphatic heterocycles. The van der Waals surface area contributed by atoms with E-state index in [9.17, 15) is 4.79 Å². The number of rotatable bonds is 5. The number of nitrogens with zero attached hydrogens (tertiary/aromatic N) is 5. The van der Waals surface area contributed by atoms with Gasteiger partial charge in [-0.3, -0.25) is 14.4 Å². The van der Waals surface area contributed by atoms with E-state index in [0.29, 0.717) is 11.0 Å². The van der Waals surface area contributed by atoms with E-state index in [1.165, 1.54) is 11.3 Å². The Morgan fingerprint density at radius 2 is 2.15 bits per heavy atom. The van der Waals surface area contributed by atoms with Crippen molar-refractivity contribution >= 4 is 32.6 Å². The molecule has 1 saturated heterocycles. The van der Waals surface area contributed by atoms with E-state index < -0.39 is 0 Å². The van der Waals surface area contributed by atoms with Gasteiger partial charge in [0.25, 0.3) is 0 Å². The summed E-state index contributed by atoms with van der Waals surface area (Å²) in [7, 11) is 0. The predicted molar refractivity (Wildman–Crippen MR) is 102 cm³/mol. The van der Waals surface area contributed by atoms with Crippen LogP contribution < -0.4 is 5.32 Å². The van der Waals surface area contributed by atoms with Crippen LogP contribution in [0.2, 0.25) is 0 Å². The maximum Gasteiger partial charge on any atom is 0.243 e. The second-order valence-corrected chi connectivity index (χ2v) is 7.79. The van der Waals surface area contributed by atoms with E-state index in [1.54, 1.807) is 6.20 Å². The Morgan fingerprint density at radius 3 is 2.88 bits per heavy atom. The van der Waals surface area contributed by atoms with Crippen molar-refractivity contribution in [1.29, 1.82) is 0 Å². The van der Waals surface area contributed by atoms with E-state index in [0.717, 1.165) is 42.7 Å². The van der Waals surface area contributed by atoms with E-state index in [4.69, 9.17) is 0 Å². The first-order valence-electron chi connectivity index (χ1n) is 8.93. The topological polar surface area (TPSA) is 75.9 Å². The lowest BCUT2D eigenvalue weighted by Gasteiger charge is -2.35. The second-order valence-electron chi connectivity index (χ2n) is 6.76. The highest BCUT2D eigenvalue weighted by Gasteiger charge is 2.27. The second kappa shape index (κ2) is 7.51. The normalized spacial score (nSPS) is 17.4. The standard InChI is InChI=1S/C18H22N6OS/c1-13(17(25)21-18-20-15-4-2-3-5-16(15)26-18)23-9-6-14(7-10-23)12-24-11-8-19-22-24/h2-5,8,11,13-14H,6-7,9-10,12H2,1H3,(H,20,21,25). The average molecular weight is 370 g/mol. The summed E-state index contributed by atoms with van der Waals surface area (Å²) in [5.74, 6) is 0.603.